The predicted molar refractivity (Wildman–Crippen MR) is 142 cm³/mol. The number of methoxy groups -OCH3 is 1. The number of Topliss-reactive ketones (excluding diaryl/α,β-unsaturated/α-hetero) is 2. The number of nitrogens with one attached hydrogen (secondary N) is 1. The highest BCUT2D eigenvalue weighted by atomic mass is 16.5. The highest BCUT2D eigenvalue weighted by Crippen LogP contribution is 2.49. The van der Waals surface area contributed by atoms with E-state index in [1.807, 2.05) is 13.8 Å². The fourth-order valence-electron chi connectivity index (χ4n) is 4.60. The molecule has 0 heterocycles. The largest absolute Gasteiger partial charge is 0.507 e. The fraction of sp³-hybridized carbons (Fsp3) is 0.481. The van der Waals surface area contributed by atoms with Crippen LogP contribution in [0.4, 0.5) is 0 Å². The molecule has 38 heavy (non-hydrogen) atoms. The van der Waals surface area contributed by atoms with Gasteiger partial charge in [0.15, 0.2) is 11.6 Å². The first kappa shape index (κ1) is 34.5. The van der Waals surface area contributed by atoms with E-state index in [-0.39, 0.29) is 53.2 Å². The van der Waals surface area contributed by atoms with Crippen molar-refractivity contribution in [3.05, 3.63) is 46.2 Å². The molecular formula is C27H40N2O9. The maximum atomic E-state index is 13.2. The van der Waals surface area contributed by atoms with Crippen LogP contribution in [0.3, 0.4) is 0 Å². The van der Waals surface area contributed by atoms with Crippen molar-refractivity contribution in [2.75, 3.05) is 27.9 Å². The molecule has 8 N–H and O–H groups in total. The molecule has 3 unspecified atom stereocenters. The van der Waals surface area contributed by atoms with Crippen molar-refractivity contribution >= 4 is 23.2 Å². The van der Waals surface area contributed by atoms with Crippen molar-refractivity contribution in [3.63, 3.8) is 0 Å². The van der Waals surface area contributed by atoms with E-state index in [1.54, 1.807) is 18.2 Å². The second kappa shape index (κ2) is 16.3. The summed E-state index contributed by atoms with van der Waals surface area (Å²) >= 11 is 0. The number of phenolic OH excluding ortho intramolecular Hbond substituents is 2. The number of hydrogen-bond donors (Lipinski definition) is 7. The quantitative estimate of drug-likeness (QED) is 0.221. The van der Waals surface area contributed by atoms with Gasteiger partial charge in [-0.1, -0.05) is 26.0 Å². The Balaban J connectivity index is 0.00000121. The molecule has 0 aliphatic heterocycles. The molecule has 4 rings (SSSR count). The number of ether oxygens (including phenoxy) is 1. The number of ketones is 2. The third-order valence-corrected chi connectivity index (χ3v) is 6.07. The molecule has 3 atom stereocenters. The number of carbonyl (C=O) groups excluding carboxylic acids is 3. The molecule has 1 amide bonds. The topological polar surface area (TPSA) is 211 Å². The first-order valence-corrected chi connectivity index (χ1v) is 12.1. The molecule has 0 bridgehead atoms. The number of primary amides is 1. The molecule has 212 valence electrons. The highest BCUT2D eigenvalue weighted by Gasteiger charge is 2.48. The Morgan fingerprint density at radius 3 is 2.05 bits per heavy atom. The number of benzene rings is 1. The van der Waals surface area contributed by atoms with Crippen molar-refractivity contribution in [3.8, 4) is 11.5 Å². The Morgan fingerprint density at radius 2 is 1.55 bits per heavy atom. The molecule has 0 saturated heterocycles. The monoisotopic (exact) mass is 536 g/mol. The van der Waals surface area contributed by atoms with Gasteiger partial charge in [0.05, 0.1) is 36.7 Å². The van der Waals surface area contributed by atoms with Gasteiger partial charge in [0, 0.05) is 43.9 Å². The van der Waals surface area contributed by atoms with Gasteiger partial charge in [0.1, 0.15) is 17.3 Å². The second-order valence-electron chi connectivity index (χ2n) is 8.03. The average Bonchev–Trinajstić information content (AvgIpc) is 2.95. The average molecular weight is 537 g/mol. The Kier molecular flexibility index (Phi) is 14.8. The lowest BCUT2D eigenvalue weighted by Gasteiger charge is -2.34. The fourth-order valence-corrected chi connectivity index (χ4v) is 4.60. The van der Waals surface area contributed by atoms with E-state index >= 15 is 0 Å². The first-order valence-electron chi connectivity index (χ1n) is 12.1. The molecule has 11 nitrogen and oxygen atoms in total. The van der Waals surface area contributed by atoms with Gasteiger partial charge in [0.25, 0.3) is 0 Å². The van der Waals surface area contributed by atoms with E-state index < -0.39 is 23.4 Å². The summed E-state index contributed by atoms with van der Waals surface area (Å²) in [5.74, 6) is -3.34. The van der Waals surface area contributed by atoms with Crippen molar-refractivity contribution < 1.29 is 44.7 Å². The van der Waals surface area contributed by atoms with Crippen LogP contribution < -0.4 is 5.73 Å². The van der Waals surface area contributed by atoms with Gasteiger partial charge >= 0.3 is 0 Å². The van der Waals surface area contributed by atoms with E-state index in [1.165, 1.54) is 14.0 Å². The minimum atomic E-state index is -0.850. The normalized spacial score (nSPS) is 19.9. The van der Waals surface area contributed by atoms with Gasteiger partial charge in [-0.2, -0.15) is 0 Å². The summed E-state index contributed by atoms with van der Waals surface area (Å²) in [4.78, 5) is 35.6. The molecule has 0 saturated carbocycles. The molecule has 0 aromatic heterocycles. The second-order valence-corrected chi connectivity index (χ2v) is 8.03. The smallest absolute Gasteiger partial charge is 0.214 e. The van der Waals surface area contributed by atoms with E-state index in [9.17, 15) is 29.7 Å². The number of carbonyl (C=O) groups is 3. The Bertz CT molecular complexity index is 1070. The Labute approximate surface area is 222 Å². The number of nitrogens with two attached hydrogens (primary N) is 1. The maximum absolute atomic E-state index is 13.2. The van der Waals surface area contributed by atoms with E-state index in [4.69, 9.17) is 20.4 Å². The molecule has 11 heteroatoms. The number of aromatic hydroxyl groups is 2. The zero-order valence-corrected chi connectivity index (χ0v) is 22.7. The third kappa shape index (κ3) is 7.06. The number of aliphatic hydroxyl groups is 3. The van der Waals surface area contributed by atoms with Crippen LogP contribution in [0.5, 0.6) is 11.5 Å². The Morgan fingerprint density at radius 1 is 1.05 bits per heavy atom. The Hall–Kier alpha value is -3.54. The zero-order valence-electron chi connectivity index (χ0n) is 22.7. The summed E-state index contributed by atoms with van der Waals surface area (Å²) in [6, 6.07) is 0. The van der Waals surface area contributed by atoms with Crippen LogP contribution in [0.15, 0.2) is 24.0 Å². The summed E-state index contributed by atoms with van der Waals surface area (Å²) < 4.78 is 5.28. The number of hydrogen-bond acceptors (Lipinski definition) is 10. The molecule has 1 aromatic carbocycles. The first-order chi connectivity index (χ1) is 18.1. The summed E-state index contributed by atoms with van der Waals surface area (Å²) in [6.45, 7) is 4.93. The van der Waals surface area contributed by atoms with Gasteiger partial charge in [-0.05, 0) is 25.3 Å². The molecule has 0 radical (unpaired) electrons. The number of rotatable bonds is 3. The maximum Gasteiger partial charge on any atom is 0.214 e. The molecule has 3 aliphatic carbocycles. The number of phenols is 2. The molecule has 1 aromatic rings. The van der Waals surface area contributed by atoms with Crippen molar-refractivity contribution in [1.29, 1.82) is 5.41 Å². The standard InChI is InChI=1S/C21H21NO6.C2H5NO.C2H6.2CH4O/c1-28-14-4-2-3-11-15(14)21(27)17-16(19(11)25)20(26)12-7-9(13(22)8-23)5-6-10(12)18(17)24;1-2(3)4;3*1-2/h2-4,9,11,15,22-24,26H,5-8H2,1H3;1H3,(H2,3,4);1-2H3;2*2H,1H3. The van der Waals surface area contributed by atoms with Crippen LogP contribution in [0.1, 0.15) is 59.0 Å². The SMILES string of the molecule is CC.CC(N)=O.CO.CO.COC1=CC=CC2C(=O)c3c(O)c4c(c(O)c3C(=O)C12)CCC(C(=N)CO)C4. The van der Waals surface area contributed by atoms with Crippen LogP contribution in [0.2, 0.25) is 0 Å². The molecule has 3 aliphatic rings. The number of amides is 1. The van der Waals surface area contributed by atoms with Crippen LogP contribution in [0.25, 0.3) is 0 Å². The van der Waals surface area contributed by atoms with Crippen molar-refractivity contribution in [1.82, 2.24) is 0 Å². The van der Waals surface area contributed by atoms with Crippen LogP contribution in [0, 0.1) is 23.2 Å². The van der Waals surface area contributed by atoms with Crippen molar-refractivity contribution in [2.45, 2.75) is 40.0 Å². The predicted octanol–water partition coefficient (Wildman–Crippen LogP) is 1.66. The van der Waals surface area contributed by atoms with Crippen LogP contribution in [-0.4, -0.2) is 76.7 Å². The lowest BCUT2D eigenvalue weighted by Crippen LogP contribution is -2.39. The van der Waals surface area contributed by atoms with Crippen LogP contribution in [-0.2, 0) is 22.4 Å². The summed E-state index contributed by atoms with van der Waals surface area (Å²) in [6.07, 6.45) is 5.96. The minimum Gasteiger partial charge on any atom is -0.507 e. The number of allylic oxidation sites excluding steroid dienone is 4. The molecular weight excluding hydrogens is 496 g/mol. The summed E-state index contributed by atoms with van der Waals surface area (Å²) in [5, 5.41) is 52.9. The summed E-state index contributed by atoms with van der Waals surface area (Å²) in [5.41, 5.74) is 5.15. The molecule has 0 spiro atoms. The lowest BCUT2D eigenvalue weighted by atomic mass is 9.68. The number of aliphatic hydroxyl groups excluding tert-OH is 3. The van der Waals surface area contributed by atoms with Gasteiger partial charge in [0.2, 0.25) is 5.91 Å². The van der Waals surface area contributed by atoms with E-state index in [2.05, 4.69) is 5.73 Å². The van der Waals surface area contributed by atoms with Gasteiger partial charge in [-0.15, -0.1) is 0 Å². The van der Waals surface area contributed by atoms with Gasteiger partial charge < -0.3 is 41.4 Å². The third-order valence-electron chi connectivity index (χ3n) is 6.07. The van der Waals surface area contributed by atoms with Gasteiger partial charge in [-0.3, -0.25) is 14.4 Å². The lowest BCUT2D eigenvalue weighted by molar-refractivity contribution is -0.115. The highest BCUT2D eigenvalue weighted by molar-refractivity contribution is 6.20. The van der Waals surface area contributed by atoms with E-state index in [0.717, 1.165) is 14.2 Å². The zero-order chi connectivity index (χ0) is 29.7. The molecule has 0 fully saturated rings. The van der Waals surface area contributed by atoms with Gasteiger partial charge in [-0.25, -0.2) is 0 Å². The number of fused-ring (bicyclic) bond motifs is 3. The van der Waals surface area contributed by atoms with Crippen LogP contribution >= 0.6 is 0 Å². The minimum absolute atomic E-state index is 0.142. The van der Waals surface area contributed by atoms with E-state index in [0.29, 0.717) is 29.7 Å². The van der Waals surface area contributed by atoms with Crippen molar-refractivity contribution in [2.24, 2.45) is 23.5 Å². The summed E-state index contributed by atoms with van der Waals surface area (Å²) in [7, 11) is 3.43.